The summed E-state index contributed by atoms with van der Waals surface area (Å²) in [5, 5.41) is 0. The van der Waals surface area contributed by atoms with Crippen molar-refractivity contribution in [3.05, 3.63) is 23.3 Å². The Balaban J connectivity index is 3.00. The van der Waals surface area contributed by atoms with Gasteiger partial charge in [0.15, 0.2) is 0 Å². The van der Waals surface area contributed by atoms with Crippen molar-refractivity contribution in [3.8, 4) is 0 Å². The fourth-order valence-electron chi connectivity index (χ4n) is 1.59. The molecule has 0 aromatic heterocycles. The van der Waals surface area contributed by atoms with Gasteiger partial charge in [0.1, 0.15) is 0 Å². The van der Waals surface area contributed by atoms with Crippen molar-refractivity contribution in [2.24, 2.45) is 11.8 Å². The van der Waals surface area contributed by atoms with E-state index in [1.807, 2.05) is 27.7 Å². The van der Waals surface area contributed by atoms with Crippen molar-refractivity contribution < 1.29 is 14.3 Å². The number of hydrogen-bond donors (Lipinski definition) is 0. The summed E-state index contributed by atoms with van der Waals surface area (Å²) >= 11 is 0. The number of carbonyl (C=O) groups excluding carboxylic acids is 2. The number of ether oxygens (including phenoxy) is 1. The maximum absolute atomic E-state index is 11.4. The summed E-state index contributed by atoms with van der Waals surface area (Å²) < 4.78 is 4.62. The van der Waals surface area contributed by atoms with Crippen molar-refractivity contribution in [2.45, 2.75) is 27.7 Å². The minimum absolute atomic E-state index is 0.441. The summed E-state index contributed by atoms with van der Waals surface area (Å²) in [4.78, 5) is 22.8. The second kappa shape index (κ2) is 4.43. The molecule has 1 heterocycles. The predicted octanol–water partition coefficient (Wildman–Crippen LogP) is 2.23. The van der Waals surface area contributed by atoms with Gasteiger partial charge in [-0.25, -0.2) is 0 Å². The van der Waals surface area contributed by atoms with Gasteiger partial charge in [-0.2, -0.15) is 0 Å². The largest absolute Gasteiger partial charge is 0.392 e. The number of allylic oxidation sites excluding steroid dienone is 2. The van der Waals surface area contributed by atoms with E-state index in [2.05, 4.69) is 4.74 Å². The average Bonchev–Trinajstić information content (AvgIpc) is 2.30. The van der Waals surface area contributed by atoms with Crippen molar-refractivity contribution in [1.29, 1.82) is 0 Å². The monoisotopic (exact) mass is 208 g/mol. The summed E-state index contributed by atoms with van der Waals surface area (Å²) in [6.45, 7) is 7.59. The van der Waals surface area contributed by atoms with E-state index in [1.54, 1.807) is 12.2 Å². The van der Waals surface area contributed by atoms with Gasteiger partial charge in [-0.3, -0.25) is 9.59 Å². The fraction of sp³-hybridized carbons (Fsp3) is 0.500. The third-order valence-corrected chi connectivity index (χ3v) is 2.16. The minimum atomic E-state index is -0.447. The van der Waals surface area contributed by atoms with Crippen LogP contribution in [0.3, 0.4) is 0 Å². The predicted molar refractivity (Wildman–Crippen MR) is 56.9 cm³/mol. The first-order valence-corrected chi connectivity index (χ1v) is 4.97. The topological polar surface area (TPSA) is 43.4 Å². The molecule has 0 aromatic rings. The molecule has 0 amide bonds. The lowest BCUT2D eigenvalue weighted by atomic mass is 9.91. The highest BCUT2D eigenvalue weighted by Gasteiger charge is 2.41. The first-order chi connectivity index (χ1) is 6.91. The standard InChI is InChI=1S/C12H16O3/c1-7(2)5-9-10(6-8(3)4)12(14)15-11(9)13/h5-6,9-10H,1-4H3. The van der Waals surface area contributed by atoms with Gasteiger partial charge < -0.3 is 4.74 Å². The lowest BCUT2D eigenvalue weighted by Crippen LogP contribution is -2.14. The van der Waals surface area contributed by atoms with Crippen LogP contribution in [-0.4, -0.2) is 11.9 Å². The molecular formula is C12H16O3. The summed E-state index contributed by atoms with van der Waals surface area (Å²) in [5.74, 6) is -1.78. The Hall–Kier alpha value is -1.38. The highest BCUT2D eigenvalue weighted by Crippen LogP contribution is 2.28. The number of rotatable bonds is 2. The quantitative estimate of drug-likeness (QED) is 0.397. The molecule has 0 bridgehead atoms. The SMILES string of the molecule is CC(C)=CC1C(=O)OC(=O)C1C=C(C)C. The zero-order valence-electron chi connectivity index (χ0n) is 9.53. The van der Waals surface area contributed by atoms with Gasteiger partial charge >= 0.3 is 11.9 Å². The summed E-state index contributed by atoms with van der Waals surface area (Å²) in [7, 11) is 0. The Morgan fingerprint density at radius 3 is 1.53 bits per heavy atom. The first-order valence-electron chi connectivity index (χ1n) is 4.97. The number of hydrogen-bond acceptors (Lipinski definition) is 3. The lowest BCUT2D eigenvalue weighted by Gasteiger charge is -2.06. The van der Waals surface area contributed by atoms with Crippen LogP contribution in [0.1, 0.15) is 27.7 Å². The van der Waals surface area contributed by atoms with Crippen LogP contribution in [-0.2, 0) is 14.3 Å². The normalized spacial score (nSPS) is 24.8. The summed E-state index contributed by atoms with van der Waals surface area (Å²) in [6, 6.07) is 0. The zero-order valence-corrected chi connectivity index (χ0v) is 9.53. The van der Waals surface area contributed by atoms with E-state index < -0.39 is 23.8 Å². The molecule has 15 heavy (non-hydrogen) atoms. The molecule has 1 fully saturated rings. The van der Waals surface area contributed by atoms with Gasteiger partial charge in [-0.15, -0.1) is 0 Å². The van der Waals surface area contributed by atoms with E-state index in [0.29, 0.717) is 0 Å². The molecule has 3 nitrogen and oxygen atoms in total. The molecule has 82 valence electrons. The highest BCUT2D eigenvalue weighted by atomic mass is 16.6. The van der Waals surface area contributed by atoms with Crippen LogP contribution in [0.5, 0.6) is 0 Å². The summed E-state index contributed by atoms with van der Waals surface area (Å²) in [6.07, 6.45) is 3.58. The molecule has 0 N–H and O–H groups in total. The van der Waals surface area contributed by atoms with E-state index in [0.717, 1.165) is 11.1 Å². The molecule has 1 rings (SSSR count). The minimum Gasteiger partial charge on any atom is -0.392 e. The Kier molecular flexibility index (Phi) is 3.45. The molecule has 0 aliphatic carbocycles. The van der Waals surface area contributed by atoms with Gasteiger partial charge in [0.25, 0.3) is 0 Å². The van der Waals surface area contributed by atoms with Crippen LogP contribution in [0, 0.1) is 11.8 Å². The van der Waals surface area contributed by atoms with Gasteiger partial charge in [-0.1, -0.05) is 23.3 Å². The third kappa shape index (κ3) is 2.78. The molecule has 2 unspecified atom stereocenters. The molecule has 1 aliphatic heterocycles. The molecule has 0 spiro atoms. The van der Waals surface area contributed by atoms with Crippen molar-refractivity contribution in [3.63, 3.8) is 0 Å². The molecule has 0 radical (unpaired) electrons. The smallest absolute Gasteiger partial charge is 0.321 e. The number of carbonyl (C=O) groups is 2. The van der Waals surface area contributed by atoms with E-state index in [9.17, 15) is 9.59 Å². The van der Waals surface area contributed by atoms with Gasteiger partial charge in [-0.05, 0) is 27.7 Å². The first kappa shape index (κ1) is 11.7. The van der Waals surface area contributed by atoms with Gasteiger partial charge in [0.2, 0.25) is 0 Å². The van der Waals surface area contributed by atoms with E-state index in [4.69, 9.17) is 0 Å². The number of esters is 2. The summed E-state index contributed by atoms with van der Waals surface area (Å²) in [5.41, 5.74) is 2.03. The molecule has 2 atom stereocenters. The van der Waals surface area contributed by atoms with Crippen LogP contribution in [0.2, 0.25) is 0 Å². The van der Waals surface area contributed by atoms with Crippen molar-refractivity contribution >= 4 is 11.9 Å². The molecule has 1 aliphatic rings. The third-order valence-electron chi connectivity index (χ3n) is 2.16. The molecule has 3 heteroatoms. The molecule has 1 saturated heterocycles. The van der Waals surface area contributed by atoms with Gasteiger partial charge in [0, 0.05) is 0 Å². The van der Waals surface area contributed by atoms with E-state index in [-0.39, 0.29) is 0 Å². The van der Waals surface area contributed by atoms with Gasteiger partial charge in [0.05, 0.1) is 11.8 Å². The zero-order chi connectivity index (χ0) is 11.6. The Morgan fingerprint density at radius 1 is 0.933 bits per heavy atom. The molecule has 0 aromatic carbocycles. The maximum atomic E-state index is 11.4. The molecular weight excluding hydrogens is 192 g/mol. The second-order valence-corrected chi connectivity index (χ2v) is 4.28. The van der Waals surface area contributed by atoms with Crippen LogP contribution < -0.4 is 0 Å². The van der Waals surface area contributed by atoms with Crippen LogP contribution in [0.25, 0.3) is 0 Å². The van der Waals surface area contributed by atoms with Crippen LogP contribution >= 0.6 is 0 Å². The van der Waals surface area contributed by atoms with Crippen LogP contribution in [0.15, 0.2) is 23.3 Å². The van der Waals surface area contributed by atoms with Crippen LogP contribution in [0.4, 0.5) is 0 Å². The fourth-order valence-corrected chi connectivity index (χ4v) is 1.59. The van der Waals surface area contributed by atoms with Crippen molar-refractivity contribution in [1.82, 2.24) is 0 Å². The Bertz CT molecular complexity index is 308. The second-order valence-electron chi connectivity index (χ2n) is 4.28. The van der Waals surface area contributed by atoms with Crippen molar-refractivity contribution in [2.75, 3.05) is 0 Å². The lowest BCUT2D eigenvalue weighted by molar-refractivity contribution is -0.153. The number of cyclic esters (lactones) is 2. The van der Waals surface area contributed by atoms with E-state index >= 15 is 0 Å². The van der Waals surface area contributed by atoms with E-state index in [1.165, 1.54) is 0 Å². The molecule has 0 saturated carbocycles. The Morgan fingerprint density at radius 2 is 1.27 bits per heavy atom. The highest BCUT2D eigenvalue weighted by molar-refractivity contribution is 5.98. The Labute approximate surface area is 89.8 Å². The maximum Gasteiger partial charge on any atom is 0.321 e. The average molecular weight is 208 g/mol.